The van der Waals surface area contributed by atoms with E-state index in [0.717, 1.165) is 25.1 Å². The maximum Gasteiger partial charge on any atom is 0.270 e. The van der Waals surface area contributed by atoms with Crippen molar-refractivity contribution < 1.29 is 18.8 Å². The molecule has 3 amide bonds. The van der Waals surface area contributed by atoms with Gasteiger partial charge in [-0.05, 0) is 56.3 Å². The number of benzene rings is 2. The van der Waals surface area contributed by atoms with Gasteiger partial charge < -0.3 is 25.8 Å². The Labute approximate surface area is 265 Å². The highest BCUT2D eigenvalue weighted by molar-refractivity contribution is 6.01. The monoisotopic (exact) mass is 619 g/mol. The second-order valence-electron chi connectivity index (χ2n) is 11.8. The third-order valence-corrected chi connectivity index (χ3v) is 8.62. The topological polar surface area (TPSA) is 112 Å². The second-order valence-corrected chi connectivity index (χ2v) is 11.8. The number of hydrogen-bond acceptors (Lipinski definition) is 6. The van der Waals surface area contributed by atoms with Gasteiger partial charge in [0.05, 0.1) is 11.7 Å². The van der Waals surface area contributed by atoms with Crippen LogP contribution in [0.15, 0.2) is 60.8 Å². The molecular weight excluding hydrogens is 573 g/mol. The van der Waals surface area contributed by atoms with Crippen molar-refractivity contribution in [1.29, 1.82) is 0 Å². The predicted octanol–water partition coefficient (Wildman–Crippen LogP) is 3.83. The molecule has 4 rings (SSSR count). The van der Waals surface area contributed by atoms with Gasteiger partial charge in [-0.2, -0.15) is 5.10 Å². The maximum atomic E-state index is 15.6. The lowest BCUT2D eigenvalue weighted by Crippen LogP contribution is -2.54. The minimum absolute atomic E-state index is 0.00229. The Morgan fingerprint density at radius 1 is 0.911 bits per heavy atom. The third kappa shape index (κ3) is 8.34. The normalized spacial score (nSPS) is 16.4. The Kier molecular flexibility index (Phi) is 11.8. The molecule has 2 heterocycles. The van der Waals surface area contributed by atoms with Crippen LogP contribution >= 0.6 is 0 Å². The van der Waals surface area contributed by atoms with E-state index >= 15 is 4.39 Å². The number of carbonyl (C=O) groups is 3. The van der Waals surface area contributed by atoms with E-state index in [1.165, 1.54) is 18.3 Å². The number of aromatic nitrogens is 2. The van der Waals surface area contributed by atoms with Crippen molar-refractivity contribution in [3.63, 3.8) is 0 Å². The summed E-state index contributed by atoms with van der Waals surface area (Å²) in [5.41, 5.74) is 1.83. The molecule has 0 aliphatic carbocycles. The highest BCUT2D eigenvalue weighted by Crippen LogP contribution is 2.27. The molecule has 1 saturated heterocycles. The molecule has 0 unspecified atom stereocenters. The van der Waals surface area contributed by atoms with Crippen molar-refractivity contribution in [3.8, 4) is 0 Å². The molecule has 1 fully saturated rings. The number of nitrogens with zero attached hydrogens (tertiary/aromatic N) is 4. The highest BCUT2D eigenvalue weighted by Gasteiger charge is 2.33. The third-order valence-electron chi connectivity index (χ3n) is 8.62. The summed E-state index contributed by atoms with van der Waals surface area (Å²) in [6, 6.07) is 14.1. The Hall–Kier alpha value is -4.09. The summed E-state index contributed by atoms with van der Waals surface area (Å²) in [6.45, 7) is 11.8. The summed E-state index contributed by atoms with van der Waals surface area (Å²) in [7, 11) is 2.04. The molecule has 10 nitrogen and oxygen atoms in total. The molecule has 1 aliphatic heterocycles. The number of rotatable bonds is 13. The van der Waals surface area contributed by atoms with Crippen molar-refractivity contribution in [1.82, 2.24) is 30.2 Å². The first kappa shape index (κ1) is 33.8. The van der Waals surface area contributed by atoms with E-state index in [1.54, 1.807) is 16.8 Å². The number of anilines is 1. The zero-order chi connectivity index (χ0) is 32.5. The van der Waals surface area contributed by atoms with Crippen LogP contribution in [0.5, 0.6) is 0 Å². The second kappa shape index (κ2) is 15.8. The van der Waals surface area contributed by atoms with Gasteiger partial charge in [-0.3, -0.25) is 19.1 Å². The Morgan fingerprint density at radius 2 is 1.60 bits per heavy atom. The van der Waals surface area contributed by atoms with Gasteiger partial charge in [0, 0.05) is 50.8 Å². The standard InChI is InChI=1S/C34H46FN7O3/c1-6-16-36-31(34(45)41-20-18-40(5)19-21-41)24(4)26-13-14-28(27(35)22-26)38-33(44)30(23(3)25-11-9-8-10-12-25)39-32(43)29-15-17-37-42(29)7-2/h8-15,17,22-24,30-31,36H,6-7,16,18-21H2,1-5H3,(H,38,44)(H,39,43)/t23-,24-,30-,31+/m0/s1. The SMILES string of the molecule is CCCN[C@@H](C(=O)N1CCN(C)CC1)[C@@H](C)c1ccc(NC(=O)[C@@H](NC(=O)c2ccnn2CC)[C@@H](C)c2ccccc2)c(F)c1. The smallest absolute Gasteiger partial charge is 0.270 e. The van der Waals surface area contributed by atoms with E-state index in [9.17, 15) is 14.4 Å². The number of carbonyl (C=O) groups excluding carboxylic acids is 3. The minimum Gasteiger partial charge on any atom is -0.339 e. The zero-order valence-corrected chi connectivity index (χ0v) is 26.9. The minimum atomic E-state index is -0.998. The fraction of sp³-hybridized carbons (Fsp3) is 0.471. The molecule has 0 saturated carbocycles. The zero-order valence-electron chi connectivity index (χ0n) is 26.9. The van der Waals surface area contributed by atoms with E-state index in [1.807, 2.05) is 70.0 Å². The Bertz CT molecular complexity index is 1440. The van der Waals surface area contributed by atoms with Gasteiger partial charge in [0.1, 0.15) is 17.6 Å². The molecule has 3 N–H and O–H groups in total. The van der Waals surface area contributed by atoms with Gasteiger partial charge in [-0.1, -0.05) is 57.2 Å². The van der Waals surface area contributed by atoms with Crippen molar-refractivity contribution in [2.45, 2.75) is 64.6 Å². The van der Waals surface area contributed by atoms with Gasteiger partial charge in [-0.15, -0.1) is 0 Å². The fourth-order valence-corrected chi connectivity index (χ4v) is 5.68. The van der Waals surface area contributed by atoms with Crippen LogP contribution in [-0.2, 0) is 16.1 Å². The highest BCUT2D eigenvalue weighted by atomic mass is 19.1. The van der Waals surface area contributed by atoms with Gasteiger partial charge in [0.25, 0.3) is 5.91 Å². The molecular formula is C34H46FN7O3. The first-order chi connectivity index (χ1) is 21.6. The fourth-order valence-electron chi connectivity index (χ4n) is 5.68. The summed E-state index contributed by atoms with van der Waals surface area (Å²) in [4.78, 5) is 44.5. The number of hydrogen-bond donors (Lipinski definition) is 3. The van der Waals surface area contributed by atoms with Crippen molar-refractivity contribution in [2.75, 3.05) is 45.1 Å². The molecule has 3 aromatic rings. The summed E-state index contributed by atoms with van der Waals surface area (Å²) in [5.74, 6) is -2.32. The lowest BCUT2D eigenvalue weighted by atomic mass is 9.91. The Balaban J connectivity index is 1.53. The molecule has 45 heavy (non-hydrogen) atoms. The number of aryl methyl sites for hydroxylation is 1. The van der Waals surface area contributed by atoms with Crippen LogP contribution in [0.4, 0.5) is 10.1 Å². The molecule has 1 aliphatic rings. The van der Waals surface area contributed by atoms with Gasteiger partial charge in [0.2, 0.25) is 11.8 Å². The first-order valence-corrected chi connectivity index (χ1v) is 15.8. The number of piperazine rings is 1. The lowest BCUT2D eigenvalue weighted by molar-refractivity contribution is -0.135. The average molecular weight is 620 g/mol. The van der Waals surface area contributed by atoms with E-state index < -0.39 is 35.6 Å². The number of halogens is 1. The molecule has 0 bridgehead atoms. The van der Waals surface area contributed by atoms with Crippen LogP contribution in [0.3, 0.4) is 0 Å². The molecule has 4 atom stereocenters. The predicted molar refractivity (Wildman–Crippen MR) is 174 cm³/mol. The summed E-state index contributed by atoms with van der Waals surface area (Å²) >= 11 is 0. The van der Waals surface area contributed by atoms with E-state index in [4.69, 9.17) is 0 Å². The molecule has 0 spiro atoms. The molecule has 11 heteroatoms. The van der Waals surface area contributed by atoms with Crippen molar-refractivity contribution in [2.24, 2.45) is 0 Å². The first-order valence-electron chi connectivity index (χ1n) is 15.8. The number of nitrogens with one attached hydrogen (secondary N) is 3. The van der Waals surface area contributed by atoms with Crippen molar-refractivity contribution in [3.05, 3.63) is 83.4 Å². The van der Waals surface area contributed by atoms with E-state index in [0.29, 0.717) is 37.4 Å². The molecule has 0 radical (unpaired) electrons. The number of amides is 3. The van der Waals surface area contributed by atoms with Gasteiger partial charge in [-0.25, -0.2) is 4.39 Å². The summed E-state index contributed by atoms with van der Waals surface area (Å²) in [6.07, 6.45) is 2.39. The average Bonchev–Trinajstić information content (AvgIpc) is 3.54. The molecule has 1 aromatic heterocycles. The van der Waals surface area contributed by atoms with Crippen LogP contribution < -0.4 is 16.0 Å². The molecule has 242 valence electrons. The van der Waals surface area contributed by atoms with E-state index in [-0.39, 0.29) is 17.5 Å². The van der Waals surface area contributed by atoms with Crippen LogP contribution in [-0.4, -0.2) is 89.2 Å². The van der Waals surface area contributed by atoms with Gasteiger partial charge in [0.15, 0.2) is 0 Å². The summed E-state index contributed by atoms with van der Waals surface area (Å²) in [5, 5.41) is 13.1. The quantitative estimate of drug-likeness (QED) is 0.268. The largest absolute Gasteiger partial charge is 0.339 e. The summed E-state index contributed by atoms with van der Waals surface area (Å²) < 4.78 is 17.2. The van der Waals surface area contributed by atoms with Crippen LogP contribution in [0.25, 0.3) is 0 Å². The van der Waals surface area contributed by atoms with Gasteiger partial charge >= 0.3 is 0 Å². The number of likely N-dealkylation sites (N-methyl/N-ethyl adjacent to an activating group) is 1. The Morgan fingerprint density at radius 3 is 2.24 bits per heavy atom. The lowest BCUT2D eigenvalue weighted by Gasteiger charge is -2.36. The van der Waals surface area contributed by atoms with Crippen molar-refractivity contribution >= 4 is 23.4 Å². The van der Waals surface area contributed by atoms with Crippen LogP contribution in [0.2, 0.25) is 0 Å². The molecule has 2 aromatic carbocycles. The van der Waals surface area contributed by atoms with E-state index in [2.05, 4.69) is 25.9 Å². The maximum absolute atomic E-state index is 15.6. The van der Waals surface area contributed by atoms with Crippen LogP contribution in [0, 0.1) is 5.82 Å². The van der Waals surface area contributed by atoms with Crippen LogP contribution in [0.1, 0.15) is 67.6 Å².